The van der Waals surface area contributed by atoms with Crippen molar-refractivity contribution in [3.8, 4) is 0 Å². The van der Waals surface area contributed by atoms with Crippen molar-refractivity contribution in [2.75, 3.05) is 26.2 Å². The van der Waals surface area contributed by atoms with E-state index in [4.69, 9.17) is 5.73 Å². The van der Waals surface area contributed by atoms with Gasteiger partial charge < -0.3 is 10.6 Å². The summed E-state index contributed by atoms with van der Waals surface area (Å²) in [6, 6.07) is 0. The zero-order chi connectivity index (χ0) is 12.3. The fourth-order valence-corrected chi connectivity index (χ4v) is 3.74. The summed E-state index contributed by atoms with van der Waals surface area (Å²) in [6.07, 6.45) is 7.06. The molecule has 3 atom stereocenters. The minimum atomic E-state index is 0.807. The average Bonchev–Trinajstić information content (AvgIpc) is 2.78. The zero-order valence-corrected chi connectivity index (χ0v) is 11.7. The standard InChI is InChI=1S/C15H30N2/c1-12(2)14-7-8-17(10-14)11-15-6-4-3-5-13(15)9-16/h12-15H,3-11,16H2,1-2H3. The van der Waals surface area contributed by atoms with Crippen LogP contribution in [0.4, 0.5) is 0 Å². The van der Waals surface area contributed by atoms with Crippen molar-refractivity contribution in [3.05, 3.63) is 0 Å². The first-order chi connectivity index (χ1) is 8.20. The molecule has 2 aliphatic rings. The van der Waals surface area contributed by atoms with Crippen LogP contribution in [0.5, 0.6) is 0 Å². The van der Waals surface area contributed by atoms with E-state index < -0.39 is 0 Å². The quantitative estimate of drug-likeness (QED) is 0.816. The molecular formula is C15H30N2. The maximum atomic E-state index is 5.92. The molecule has 2 nitrogen and oxygen atoms in total. The highest BCUT2D eigenvalue weighted by Gasteiger charge is 2.30. The average molecular weight is 238 g/mol. The molecule has 2 heteroatoms. The molecule has 1 saturated carbocycles. The molecule has 1 heterocycles. The van der Waals surface area contributed by atoms with E-state index in [0.717, 1.165) is 30.2 Å². The zero-order valence-electron chi connectivity index (χ0n) is 11.7. The summed E-state index contributed by atoms with van der Waals surface area (Å²) in [7, 11) is 0. The maximum absolute atomic E-state index is 5.92. The van der Waals surface area contributed by atoms with Crippen molar-refractivity contribution >= 4 is 0 Å². The van der Waals surface area contributed by atoms with Gasteiger partial charge in [-0.05, 0) is 56.0 Å². The lowest BCUT2D eigenvalue weighted by Crippen LogP contribution is -2.36. The van der Waals surface area contributed by atoms with Gasteiger partial charge >= 0.3 is 0 Å². The molecule has 2 N–H and O–H groups in total. The maximum Gasteiger partial charge on any atom is 0.00129 e. The van der Waals surface area contributed by atoms with Crippen molar-refractivity contribution in [2.45, 2.75) is 46.0 Å². The van der Waals surface area contributed by atoms with Gasteiger partial charge in [-0.2, -0.15) is 0 Å². The van der Waals surface area contributed by atoms with Crippen molar-refractivity contribution in [3.63, 3.8) is 0 Å². The fraction of sp³-hybridized carbons (Fsp3) is 1.00. The van der Waals surface area contributed by atoms with Crippen LogP contribution in [0, 0.1) is 23.7 Å². The van der Waals surface area contributed by atoms with Gasteiger partial charge in [-0.3, -0.25) is 0 Å². The second kappa shape index (κ2) is 6.19. The molecule has 0 bridgehead atoms. The van der Waals surface area contributed by atoms with Gasteiger partial charge in [0.1, 0.15) is 0 Å². The largest absolute Gasteiger partial charge is 0.330 e. The molecule has 2 fully saturated rings. The lowest BCUT2D eigenvalue weighted by atomic mass is 9.79. The molecule has 1 saturated heterocycles. The smallest absolute Gasteiger partial charge is 0.00129 e. The van der Waals surface area contributed by atoms with Crippen LogP contribution in [0.25, 0.3) is 0 Å². The number of hydrogen-bond acceptors (Lipinski definition) is 2. The molecule has 2 rings (SSSR count). The summed E-state index contributed by atoms with van der Waals surface area (Å²) in [6.45, 7) is 9.65. The van der Waals surface area contributed by atoms with Gasteiger partial charge in [0.15, 0.2) is 0 Å². The second-order valence-corrected chi connectivity index (χ2v) is 6.59. The van der Waals surface area contributed by atoms with Crippen molar-refractivity contribution in [1.29, 1.82) is 0 Å². The minimum absolute atomic E-state index is 0.807. The van der Waals surface area contributed by atoms with Crippen LogP contribution >= 0.6 is 0 Å². The van der Waals surface area contributed by atoms with Crippen molar-refractivity contribution in [1.82, 2.24) is 4.90 Å². The van der Waals surface area contributed by atoms with Gasteiger partial charge in [-0.15, -0.1) is 0 Å². The third kappa shape index (κ3) is 3.45. The summed E-state index contributed by atoms with van der Waals surface area (Å²) in [5.74, 6) is 3.49. The van der Waals surface area contributed by atoms with Crippen LogP contribution in [-0.2, 0) is 0 Å². The Hall–Kier alpha value is -0.0800. The highest BCUT2D eigenvalue weighted by Crippen LogP contribution is 2.32. The van der Waals surface area contributed by atoms with Crippen LogP contribution in [0.1, 0.15) is 46.0 Å². The minimum Gasteiger partial charge on any atom is -0.330 e. The first kappa shape index (κ1) is 13.4. The third-order valence-electron chi connectivity index (χ3n) is 5.11. The highest BCUT2D eigenvalue weighted by molar-refractivity contribution is 4.83. The molecule has 1 aliphatic heterocycles. The van der Waals surface area contributed by atoms with Crippen LogP contribution < -0.4 is 5.73 Å². The fourth-order valence-electron chi connectivity index (χ4n) is 3.74. The Labute approximate surface area is 107 Å². The third-order valence-corrected chi connectivity index (χ3v) is 5.11. The summed E-state index contributed by atoms with van der Waals surface area (Å²) in [4.78, 5) is 2.71. The summed E-state index contributed by atoms with van der Waals surface area (Å²) in [5, 5.41) is 0. The number of rotatable bonds is 4. The molecule has 1 aliphatic carbocycles. The van der Waals surface area contributed by atoms with Crippen LogP contribution in [0.15, 0.2) is 0 Å². The Morgan fingerprint density at radius 2 is 1.82 bits per heavy atom. The Bertz CT molecular complexity index is 227. The molecule has 0 aromatic carbocycles. The molecule has 0 spiro atoms. The van der Waals surface area contributed by atoms with E-state index in [-0.39, 0.29) is 0 Å². The molecule has 3 unspecified atom stereocenters. The Balaban J connectivity index is 1.80. The molecule has 0 amide bonds. The molecule has 0 aromatic heterocycles. The van der Waals surface area contributed by atoms with Gasteiger partial charge in [0.25, 0.3) is 0 Å². The number of likely N-dealkylation sites (tertiary alicyclic amines) is 1. The second-order valence-electron chi connectivity index (χ2n) is 6.59. The first-order valence-electron chi connectivity index (χ1n) is 7.63. The lowest BCUT2D eigenvalue weighted by molar-refractivity contribution is 0.168. The van der Waals surface area contributed by atoms with E-state index >= 15 is 0 Å². The number of hydrogen-bond donors (Lipinski definition) is 1. The lowest BCUT2D eigenvalue weighted by Gasteiger charge is -2.33. The highest BCUT2D eigenvalue weighted by atomic mass is 15.1. The van der Waals surface area contributed by atoms with E-state index in [1.54, 1.807) is 0 Å². The van der Waals surface area contributed by atoms with E-state index in [1.807, 2.05) is 0 Å². The summed E-state index contributed by atoms with van der Waals surface area (Å²) >= 11 is 0. The molecule has 0 aromatic rings. The van der Waals surface area contributed by atoms with Gasteiger partial charge in [-0.25, -0.2) is 0 Å². The van der Waals surface area contributed by atoms with E-state index in [9.17, 15) is 0 Å². The van der Waals surface area contributed by atoms with Gasteiger partial charge in [-0.1, -0.05) is 26.7 Å². The van der Waals surface area contributed by atoms with Gasteiger partial charge in [0.2, 0.25) is 0 Å². The number of nitrogens with two attached hydrogens (primary N) is 1. The van der Waals surface area contributed by atoms with Crippen LogP contribution in [-0.4, -0.2) is 31.1 Å². The predicted octanol–water partition coefficient (Wildman–Crippen LogP) is 2.73. The Kier molecular flexibility index (Phi) is 4.87. The Morgan fingerprint density at radius 3 is 2.41 bits per heavy atom. The number of nitrogens with zero attached hydrogens (tertiary/aromatic N) is 1. The predicted molar refractivity (Wildman–Crippen MR) is 73.9 cm³/mol. The summed E-state index contributed by atoms with van der Waals surface area (Å²) in [5.41, 5.74) is 5.92. The molecule has 0 radical (unpaired) electrons. The topological polar surface area (TPSA) is 29.3 Å². The summed E-state index contributed by atoms with van der Waals surface area (Å²) < 4.78 is 0. The van der Waals surface area contributed by atoms with Gasteiger partial charge in [0.05, 0.1) is 0 Å². The monoisotopic (exact) mass is 238 g/mol. The first-order valence-corrected chi connectivity index (χ1v) is 7.63. The van der Waals surface area contributed by atoms with Crippen LogP contribution in [0.3, 0.4) is 0 Å². The van der Waals surface area contributed by atoms with Crippen LogP contribution in [0.2, 0.25) is 0 Å². The molecular weight excluding hydrogens is 208 g/mol. The molecule has 17 heavy (non-hydrogen) atoms. The van der Waals surface area contributed by atoms with Gasteiger partial charge in [0, 0.05) is 13.1 Å². The van der Waals surface area contributed by atoms with E-state index in [1.165, 1.54) is 51.7 Å². The van der Waals surface area contributed by atoms with Crippen molar-refractivity contribution < 1.29 is 0 Å². The molecule has 100 valence electrons. The van der Waals surface area contributed by atoms with E-state index in [2.05, 4.69) is 18.7 Å². The SMILES string of the molecule is CC(C)C1CCN(CC2CCCCC2CN)C1. The van der Waals surface area contributed by atoms with Crippen molar-refractivity contribution in [2.24, 2.45) is 29.4 Å². The van der Waals surface area contributed by atoms with E-state index in [0.29, 0.717) is 0 Å². The Morgan fingerprint density at radius 1 is 1.12 bits per heavy atom. The normalized spacial score (nSPS) is 35.6.